The molecular weight excluding hydrogens is 158 g/mol. The lowest BCUT2D eigenvalue weighted by Gasteiger charge is -1.75. The van der Waals surface area contributed by atoms with E-state index in [1.165, 1.54) is 0 Å². The fraction of sp³-hybridized carbons (Fsp3) is 0.400. The average molecular weight is 166 g/mol. The summed E-state index contributed by atoms with van der Waals surface area (Å²) in [6.45, 7) is 0. The fourth-order valence-corrected chi connectivity index (χ4v) is 1.04. The highest BCUT2D eigenvalue weighted by Crippen LogP contribution is 2.05. The second-order valence-corrected chi connectivity index (χ2v) is 2.31. The zero-order valence-electron chi connectivity index (χ0n) is 5.04. The largest absolute Gasteiger partial charge is 0.400 e. The molecule has 1 aromatic heterocycles. The van der Waals surface area contributed by atoms with E-state index in [9.17, 15) is 0 Å². The van der Waals surface area contributed by atoms with E-state index in [0.29, 0.717) is 5.88 Å². The van der Waals surface area contributed by atoms with Crippen molar-refractivity contribution >= 4 is 22.9 Å². The Hall–Kier alpha value is -0.120. The quantitative estimate of drug-likeness (QED) is 0.640. The van der Waals surface area contributed by atoms with Crippen molar-refractivity contribution in [2.24, 2.45) is 0 Å². The van der Waals surface area contributed by atoms with Gasteiger partial charge < -0.3 is 5.11 Å². The summed E-state index contributed by atoms with van der Waals surface area (Å²) in [5, 5.41) is 9.90. The Morgan fingerprint density at radius 1 is 1.78 bits per heavy atom. The van der Waals surface area contributed by atoms with Gasteiger partial charge in [0.05, 0.1) is 5.88 Å². The van der Waals surface area contributed by atoms with E-state index in [1.807, 2.05) is 5.38 Å². The number of aliphatic hydroxyl groups excluding tert-OH is 1. The lowest BCUT2D eigenvalue weighted by molar-refractivity contribution is 0.399. The lowest BCUT2D eigenvalue weighted by Crippen LogP contribution is -1.67. The Kier molecular flexibility index (Phi) is 5.93. The first-order valence-electron chi connectivity index (χ1n) is 2.32. The van der Waals surface area contributed by atoms with Crippen LogP contribution in [0.3, 0.4) is 0 Å². The third kappa shape index (κ3) is 3.46. The molecule has 0 aliphatic heterocycles. The molecule has 0 bridgehead atoms. The van der Waals surface area contributed by atoms with Crippen molar-refractivity contribution in [3.63, 3.8) is 0 Å². The minimum Gasteiger partial charge on any atom is -0.400 e. The van der Waals surface area contributed by atoms with Crippen LogP contribution in [0, 0.1) is 0 Å². The Morgan fingerprint density at radius 2 is 2.44 bits per heavy atom. The first-order chi connectivity index (χ1) is 4.43. The van der Waals surface area contributed by atoms with Gasteiger partial charge in [0.2, 0.25) is 0 Å². The van der Waals surface area contributed by atoms with Crippen LogP contribution < -0.4 is 0 Å². The Labute approximate surface area is 63.1 Å². The van der Waals surface area contributed by atoms with Crippen molar-refractivity contribution in [2.75, 3.05) is 7.11 Å². The fourth-order valence-electron chi connectivity index (χ4n) is 0.319. The number of aliphatic hydroxyl groups is 1. The van der Waals surface area contributed by atoms with Crippen LogP contribution in [0.2, 0.25) is 0 Å². The molecule has 0 aromatic carbocycles. The maximum Gasteiger partial charge on any atom is 0.107 e. The van der Waals surface area contributed by atoms with Crippen molar-refractivity contribution in [2.45, 2.75) is 5.88 Å². The van der Waals surface area contributed by atoms with E-state index >= 15 is 0 Å². The van der Waals surface area contributed by atoms with Gasteiger partial charge in [-0.2, -0.15) is 0 Å². The molecule has 2 nitrogen and oxygen atoms in total. The van der Waals surface area contributed by atoms with E-state index in [2.05, 4.69) is 4.98 Å². The Morgan fingerprint density at radius 3 is 2.67 bits per heavy atom. The molecule has 1 aromatic rings. The first-order valence-corrected chi connectivity index (χ1v) is 3.74. The number of aromatic nitrogens is 1. The summed E-state index contributed by atoms with van der Waals surface area (Å²) in [5.41, 5.74) is 0. The summed E-state index contributed by atoms with van der Waals surface area (Å²) in [6, 6.07) is 0. The van der Waals surface area contributed by atoms with Crippen LogP contribution in [0.25, 0.3) is 0 Å². The number of hydrogen-bond acceptors (Lipinski definition) is 3. The number of halogens is 1. The molecule has 0 atom stereocenters. The van der Waals surface area contributed by atoms with E-state index in [4.69, 9.17) is 16.7 Å². The monoisotopic (exact) mass is 165 g/mol. The third-order valence-electron chi connectivity index (χ3n) is 0.598. The second-order valence-electron chi connectivity index (χ2n) is 1.06. The van der Waals surface area contributed by atoms with Gasteiger partial charge in [-0.05, 0) is 0 Å². The van der Waals surface area contributed by atoms with Crippen molar-refractivity contribution in [1.29, 1.82) is 0 Å². The SMILES string of the molecule is CO.ClCc1nccs1. The summed E-state index contributed by atoms with van der Waals surface area (Å²) >= 11 is 7.00. The topological polar surface area (TPSA) is 33.1 Å². The molecule has 0 radical (unpaired) electrons. The van der Waals surface area contributed by atoms with Crippen molar-refractivity contribution in [3.8, 4) is 0 Å². The minimum atomic E-state index is 0.539. The number of alkyl halides is 1. The molecule has 4 heteroatoms. The molecular formula is C5H8ClNOS. The number of hydrogen-bond donors (Lipinski definition) is 1. The molecule has 0 spiro atoms. The molecule has 0 fully saturated rings. The molecule has 9 heavy (non-hydrogen) atoms. The Bertz CT molecular complexity index is 132. The summed E-state index contributed by atoms with van der Waals surface area (Å²) in [7, 11) is 1.00. The van der Waals surface area contributed by atoms with Gasteiger partial charge in [0, 0.05) is 18.7 Å². The number of thiazole rings is 1. The van der Waals surface area contributed by atoms with Crippen LogP contribution in [-0.4, -0.2) is 17.2 Å². The molecule has 1 heterocycles. The minimum absolute atomic E-state index is 0.539. The predicted octanol–water partition coefficient (Wildman–Crippen LogP) is 1.49. The normalized spacial score (nSPS) is 7.89. The van der Waals surface area contributed by atoms with Crippen LogP contribution in [-0.2, 0) is 5.88 Å². The summed E-state index contributed by atoms with van der Waals surface area (Å²) in [5.74, 6) is 0.539. The molecule has 0 amide bonds. The number of rotatable bonds is 1. The maximum absolute atomic E-state index is 7.00. The summed E-state index contributed by atoms with van der Waals surface area (Å²) in [4.78, 5) is 3.92. The standard InChI is InChI=1S/C4H4ClNS.CH4O/c5-3-4-6-1-2-7-4;1-2/h1-2H,3H2;2H,1H3. The van der Waals surface area contributed by atoms with Crippen molar-refractivity contribution in [3.05, 3.63) is 16.6 Å². The van der Waals surface area contributed by atoms with E-state index in [-0.39, 0.29) is 0 Å². The molecule has 1 rings (SSSR count). The molecule has 52 valence electrons. The summed E-state index contributed by atoms with van der Waals surface area (Å²) < 4.78 is 0. The van der Waals surface area contributed by atoms with Gasteiger partial charge in [-0.15, -0.1) is 22.9 Å². The van der Waals surface area contributed by atoms with Gasteiger partial charge in [0.15, 0.2) is 0 Å². The molecule has 0 unspecified atom stereocenters. The van der Waals surface area contributed by atoms with Crippen molar-refractivity contribution < 1.29 is 5.11 Å². The van der Waals surface area contributed by atoms with Crippen LogP contribution in [0.5, 0.6) is 0 Å². The molecule has 0 saturated carbocycles. The summed E-state index contributed by atoms with van der Waals surface area (Å²) in [6.07, 6.45) is 1.75. The van der Waals surface area contributed by atoms with Gasteiger partial charge in [-0.3, -0.25) is 0 Å². The van der Waals surface area contributed by atoms with Gasteiger partial charge >= 0.3 is 0 Å². The van der Waals surface area contributed by atoms with Gasteiger partial charge in [-0.25, -0.2) is 4.98 Å². The van der Waals surface area contributed by atoms with E-state index in [1.54, 1.807) is 17.5 Å². The molecule has 0 saturated heterocycles. The first kappa shape index (κ1) is 8.88. The molecule has 0 aliphatic rings. The van der Waals surface area contributed by atoms with Crippen LogP contribution in [0.1, 0.15) is 5.01 Å². The zero-order valence-corrected chi connectivity index (χ0v) is 6.61. The maximum atomic E-state index is 7.00. The highest BCUT2D eigenvalue weighted by molar-refractivity contribution is 7.09. The average Bonchev–Trinajstić information content (AvgIpc) is 2.43. The van der Waals surface area contributed by atoms with Crippen molar-refractivity contribution in [1.82, 2.24) is 4.98 Å². The molecule has 0 aliphatic carbocycles. The molecule has 1 N–H and O–H groups in total. The highest BCUT2D eigenvalue weighted by atomic mass is 35.5. The van der Waals surface area contributed by atoms with E-state index < -0.39 is 0 Å². The second kappa shape index (κ2) is 6.01. The zero-order chi connectivity index (χ0) is 7.11. The van der Waals surface area contributed by atoms with Crippen LogP contribution in [0.4, 0.5) is 0 Å². The van der Waals surface area contributed by atoms with E-state index in [0.717, 1.165) is 12.1 Å². The van der Waals surface area contributed by atoms with Gasteiger partial charge in [0.1, 0.15) is 5.01 Å². The van der Waals surface area contributed by atoms with Crippen LogP contribution >= 0.6 is 22.9 Å². The predicted molar refractivity (Wildman–Crippen MR) is 39.8 cm³/mol. The van der Waals surface area contributed by atoms with Gasteiger partial charge in [-0.1, -0.05) is 0 Å². The van der Waals surface area contributed by atoms with Crippen LogP contribution in [0.15, 0.2) is 11.6 Å². The highest BCUT2D eigenvalue weighted by Gasteiger charge is 1.86. The lowest BCUT2D eigenvalue weighted by atomic mass is 10.8. The third-order valence-corrected chi connectivity index (χ3v) is 1.79. The Balaban J connectivity index is 0.000000291. The van der Waals surface area contributed by atoms with Gasteiger partial charge in [0.25, 0.3) is 0 Å². The number of nitrogens with zero attached hydrogens (tertiary/aromatic N) is 1. The smallest absolute Gasteiger partial charge is 0.107 e.